The van der Waals surface area contributed by atoms with Crippen LogP contribution in [0.5, 0.6) is 11.5 Å². The number of rotatable bonds is 6. The fourth-order valence-electron chi connectivity index (χ4n) is 5.32. The van der Waals surface area contributed by atoms with Crippen molar-refractivity contribution in [2.75, 3.05) is 14.2 Å². The highest BCUT2D eigenvalue weighted by atomic mass is 16.5. The highest BCUT2D eigenvalue weighted by Crippen LogP contribution is 2.39. The fourth-order valence-corrected chi connectivity index (χ4v) is 5.32. The predicted molar refractivity (Wildman–Crippen MR) is 152 cm³/mol. The van der Waals surface area contributed by atoms with Gasteiger partial charge in [0.25, 0.3) is 0 Å². The molecule has 0 amide bonds. The van der Waals surface area contributed by atoms with Gasteiger partial charge in [0.15, 0.2) is 11.5 Å². The number of aromatic carboxylic acids is 1. The number of pyridine rings is 1. The molecule has 0 bridgehead atoms. The Labute approximate surface area is 226 Å². The van der Waals surface area contributed by atoms with Crippen LogP contribution in [0.4, 0.5) is 0 Å². The SMILES string of the molecule is COc1ccc(-c2nn(-c3ccccc3)cc2/C=C2\CCCc3c2nc2ccccc2c3C(=O)O)cc1OC. The second-order valence-corrected chi connectivity index (χ2v) is 9.44. The van der Waals surface area contributed by atoms with Crippen molar-refractivity contribution in [1.29, 1.82) is 0 Å². The van der Waals surface area contributed by atoms with E-state index in [0.717, 1.165) is 52.2 Å². The monoisotopic (exact) mass is 517 g/mol. The van der Waals surface area contributed by atoms with E-state index in [2.05, 4.69) is 6.08 Å². The van der Waals surface area contributed by atoms with Crippen LogP contribution in [-0.2, 0) is 6.42 Å². The van der Waals surface area contributed by atoms with E-state index in [9.17, 15) is 9.90 Å². The number of benzene rings is 3. The van der Waals surface area contributed by atoms with Gasteiger partial charge in [0.1, 0.15) is 5.69 Å². The number of methoxy groups -OCH3 is 2. The molecule has 3 aromatic carbocycles. The maximum Gasteiger partial charge on any atom is 0.336 e. The van der Waals surface area contributed by atoms with Crippen molar-refractivity contribution in [3.63, 3.8) is 0 Å². The van der Waals surface area contributed by atoms with E-state index in [1.807, 2.05) is 83.7 Å². The Balaban J connectivity index is 1.56. The Kier molecular flexibility index (Phi) is 6.32. The van der Waals surface area contributed by atoms with Gasteiger partial charge in [-0.25, -0.2) is 14.5 Å². The standard InChI is InChI=1S/C32H27N3O4/c1-38-27-16-15-21(18-28(27)39-2)30-22(19-35(34-30)23-10-4-3-5-11-23)17-20-9-8-13-25-29(32(36)37)24-12-6-7-14-26(24)33-31(20)25/h3-7,10-12,14-19H,8-9,13H2,1-2H3,(H,36,37)/b20-17+. The number of carboxylic acids is 1. The molecule has 0 atom stereocenters. The van der Waals surface area contributed by atoms with Gasteiger partial charge in [0.2, 0.25) is 0 Å². The average molecular weight is 518 g/mol. The smallest absolute Gasteiger partial charge is 0.336 e. The van der Waals surface area contributed by atoms with E-state index in [0.29, 0.717) is 34.4 Å². The molecule has 7 heteroatoms. The summed E-state index contributed by atoms with van der Waals surface area (Å²) >= 11 is 0. The molecule has 0 radical (unpaired) electrons. The van der Waals surface area contributed by atoms with Crippen LogP contribution >= 0.6 is 0 Å². The van der Waals surface area contributed by atoms with E-state index >= 15 is 0 Å². The topological polar surface area (TPSA) is 86.5 Å². The average Bonchev–Trinajstić information content (AvgIpc) is 3.40. The quantitative estimate of drug-likeness (QED) is 0.270. The summed E-state index contributed by atoms with van der Waals surface area (Å²) in [6.45, 7) is 0. The molecule has 1 aliphatic carbocycles. The second kappa shape index (κ2) is 10.1. The summed E-state index contributed by atoms with van der Waals surface area (Å²) in [5, 5.41) is 15.8. The number of aromatic nitrogens is 3. The summed E-state index contributed by atoms with van der Waals surface area (Å²) in [4.78, 5) is 17.3. The number of hydrogen-bond donors (Lipinski definition) is 1. The van der Waals surface area contributed by atoms with Crippen molar-refractivity contribution < 1.29 is 19.4 Å². The molecule has 0 aliphatic heterocycles. The van der Waals surface area contributed by atoms with Crippen molar-refractivity contribution in [1.82, 2.24) is 14.8 Å². The van der Waals surface area contributed by atoms with E-state index in [1.54, 1.807) is 14.2 Å². The summed E-state index contributed by atoms with van der Waals surface area (Å²) in [5.74, 6) is 0.334. The van der Waals surface area contributed by atoms with Crippen molar-refractivity contribution in [2.24, 2.45) is 0 Å². The van der Waals surface area contributed by atoms with Crippen LogP contribution in [0.1, 0.15) is 40.0 Å². The summed E-state index contributed by atoms with van der Waals surface area (Å²) in [6.07, 6.45) is 6.42. The van der Waals surface area contributed by atoms with Crippen LogP contribution in [0.2, 0.25) is 0 Å². The lowest BCUT2D eigenvalue weighted by Crippen LogP contribution is -2.13. The second-order valence-electron chi connectivity index (χ2n) is 9.44. The lowest BCUT2D eigenvalue weighted by molar-refractivity contribution is 0.0697. The highest BCUT2D eigenvalue weighted by molar-refractivity contribution is 6.06. The van der Waals surface area contributed by atoms with E-state index in [-0.39, 0.29) is 0 Å². The number of nitrogens with zero attached hydrogens (tertiary/aromatic N) is 3. The van der Waals surface area contributed by atoms with Gasteiger partial charge < -0.3 is 14.6 Å². The Morgan fingerprint density at radius 2 is 1.69 bits per heavy atom. The molecule has 0 unspecified atom stereocenters. The molecule has 39 heavy (non-hydrogen) atoms. The minimum absolute atomic E-state index is 0.348. The Hall–Kier alpha value is -4.91. The van der Waals surface area contributed by atoms with Gasteiger partial charge in [0.05, 0.1) is 36.7 Å². The van der Waals surface area contributed by atoms with Crippen LogP contribution in [-0.4, -0.2) is 40.1 Å². The van der Waals surface area contributed by atoms with E-state index in [1.165, 1.54) is 0 Å². The van der Waals surface area contributed by atoms with E-state index < -0.39 is 5.97 Å². The number of carboxylic acid groups (broad SMARTS) is 1. The van der Waals surface area contributed by atoms with Gasteiger partial charge >= 0.3 is 5.97 Å². The molecule has 0 saturated carbocycles. The summed E-state index contributed by atoms with van der Waals surface area (Å²) < 4.78 is 12.9. The molecule has 194 valence electrons. The summed E-state index contributed by atoms with van der Waals surface area (Å²) in [6, 6.07) is 23.1. The third-order valence-corrected chi connectivity index (χ3v) is 7.13. The number of para-hydroxylation sites is 2. The zero-order chi connectivity index (χ0) is 26.9. The Morgan fingerprint density at radius 1 is 0.923 bits per heavy atom. The van der Waals surface area contributed by atoms with Crippen LogP contribution in [0.15, 0.2) is 79.0 Å². The minimum atomic E-state index is -0.922. The Morgan fingerprint density at radius 3 is 2.46 bits per heavy atom. The highest BCUT2D eigenvalue weighted by Gasteiger charge is 2.25. The van der Waals surface area contributed by atoms with Gasteiger partial charge in [0, 0.05) is 22.7 Å². The van der Waals surface area contributed by atoms with Crippen LogP contribution in [0.3, 0.4) is 0 Å². The molecule has 0 spiro atoms. The van der Waals surface area contributed by atoms with Gasteiger partial charge in [-0.2, -0.15) is 5.10 Å². The molecule has 2 aromatic heterocycles. The molecule has 7 nitrogen and oxygen atoms in total. The van der Waals surface area contributed by atoms with Crippen molar-refractivity contribution in [3.05, 3.63) is 101 Å². The van der Waals surface area contributed by atoms with Crippen molar-refractivity contribution in [3.8, 4) is 28.4 Å². The van der Waals surface area contributed by atoms with Gasteiger partial charge in [-0.3, -0.25) is 0 Å². The molecule has 1 N–H and O–H groups in total. The van der Waals surface area contributed by atoms with E-state index in [4.69, 9.17) is 19.6 Å². The van der Waals surface area contributed by atoms with Gasteiger partial charge in [-0.1, -0.05) is 36.4 Å². The molecule has 0 saturated heterocycles. The van der Waals surface area contributed by atoms with Gasteiger partial charge in [-0.05, 0) is 72.9 Å². The molecular formula is C32H27N3O4. The maximum atomic E-state index is 12.4. The molecule has 6 rings (SSSR count). The molecule has 5 aromatic rings. The molecule has 2 heterocycles. The largest absolute Gasteiger partial charge is 0.493 e. The van der Waals surface area contributed by atoms with Crippen LogP contribution < -0.4 is 9.47 Å². The number of fused-ring (bicyclic) bond motifs is 2. The lowest BCUT2D eigenvalue weighted by atomic mass is 9.86. The molecule has 0 fully saturated rings. The van der Waals surface area contributed by atoms with Crippen molar-refractivity contribution >= 4 is 28.5 Å². The summed E-state index contributed by atoms with van der Waals surface area (Å²) in [7, 11) is 3.22. The minimum Gasteiger partial charge on any atom is -0.493 e. The normalized spacial score (nSPS) is 13.8. The maximum absolute atomic E-state index is 12.4. The predicted octanol–water partition coefficient (Wildman–Crippen LogP) is 6.68. The number of hydrogen-bond acceptors (Lipinski definition) is 5. The fraction of sp³-hybridized carbons (Fsp3) is 0.156. The summed E-state index contributed by atoms with van der Waals surface area (Å²) in [5.41, 5.74) is 7.07. The zero-order valence-electron chi connectivity index (χ0n) is 21.7. The first kappa shape index (κ1) is 24.4. The zero-order valence-corrected chi connectivity index (χ0v) is 21.7. The first-order valence-electron chi connectivity index (χ1n) is 12.8. The number of carbonyl (C=O) groups is 1. The van der Waals surface area contributed by atoms with Crippen molar-refractivity contribution in [2.45, 2.75) is 19.3 Å². The third-order valence-electron chi connectivity index (χ3n) is 7.13. The van der Waals surface area contributed by atoms with Crippen LogP contribution in [0, 0.1) is 0 Å². The first-order chi connectivity index (χ1) is 19.1. The molecular weight excluding hydrogens is 490 g/mol. The van der Waals surface area contributed by atoms with Crippen LogP contribution in [0.25, 0.3) is 39.5 Å². The first-order valence-corrected chi connectivity index (χ1v) is 12.8. The number of ether oxygens (including phenoxy) is 2. The lowest BCUT2D eigenvalue weighted by Gasteiger charge is -2.21. The molecule has 1 aliphatic rings. The Bertz CT molecular complexity index is 1740. The number of allylic oxidation sites excluding steroid dienone is 1. The third kappa shape index (κ3) is 4.42. The van der Waals surface area contributed by atoms with Gasteiger partial charge in [-0.15, -0.1) is 0 Å².